The number of hydrogen-bond donors (Lipinski definition) is 2. The van der Waals surface area contributed by atoms with Gasteiger partial charge in [-0.25, -0.2) is 0 Å². The third-order valence-corrected chi connectivity index (χ3v) is 5.22. The number of rotatable bonds is 7. The number of carbonyl (C=O) groups excluding carboxylic acids is 2. The Hall–Kier alpha value is -2.95. The lowest BCUT2D eigenvalue weighted by Crippen LogP contribution is -2.44. The van der Waals surface area contributed by atoms with Crippen LogP contribution in [0, 0.1) is 11.8 Å². The minimum absolute atomic E-state index is 0.0175. The van der Waals surface area contributed by atoms with Crippen molar-refractivity contribution in [3.05, 3.63) is 71.3 Å². The van der Waals surface area contributed by atoms with E-state index in [1.165, 1.54) is 18.1 Å². The molecule has 5 nitrogen and oxygen atoms in total. The number of ketones is 1. The molecule has 1 aliphatic carbocycles. The number of amides is 1. The van der Waals surface area contributed by atoms with Crippen LogP contribution in [-0.4, -0.2) is 28.8 Å². The van der Waals surface area contributed by atoms with Crippen molar-refractivity contribution in [2.75, 3.05) is 0 Å². The molecule has 0 radical (unpaired) electrons. The molecule has 2 aromatic rings. The van der Waals surface area contributed by atoms with E-state index in [1.54, 1.807) is 24.3 Å². The number of carboxylic acid groups (broad SMARTS) is 1. The number of carbonyl (C=O) groups is 3. The van der Waals surface area contributed by atoms with Crippen molar-refractivity contribution < 1.29 is 19.5 Å². The molecule has 0 saturated carbocycles. The Balaban J connectivity index is 1.80. The molecule has 3 rings (SSSR count). The van der Waals surface area contributed by atoms with Gasteiger partial charge in [-0.2, -0.15) is 0 Å². The summed E-state index contributed by atoms with van der Waals surface area (Å²) in [7, 11) is 0. The molecule has 5 heteroatoms. The van der Waals surface area contributed by atoms with Crippen LogP contribution in [0.25, 0.3) is 0 Å². The first-order valence-corrected chi connectivity index (χ1v) is 9.14. The lowest BCUT2D eigenvalue weighted by Gasteiger charge is -2.23. The van der Waals surface area contributed by atoms with Crippen LogP contribution in [0.4, 0.5) is 0 Å². The van der Waals surface area contributed by atoms with Crippen LogP contribution in [0.3, 0.4) is 0 Å². The van der Waals surface area contributed by atoms with E-state index in [2.05, 4.69) is 5.32 Å². The molecule has 140 valence electrons. The fourth-order valence-electron chi connectivity index (χ4n) is 3.67. The number of fused-ring (bicyclic) bond motifs is 1. The highest BCUT2D eigenvalue weighted by molar-refractivity contribution is 5.99. The molecule has 2 aromatic carbocycles. The minimum Gasteiger partial charge on any atom is -0.480 e. The molecule has 0 spiro atoms. The Bertz CT molecular complexity index is 821. The first kappa shape index (κ1) is 18.8. The summed E-state index contributed by atoms with van der Waals surface area (Å²) in [4.78, 5) is 36.7. The van der Waals surface area contributed by atoms with Gasteiger partial charge < -0.3 is 10.4 Å². The zero-order chi connectivity index (χ0) is 19.4. The second-order valence-electron chi connectivity index (χ2n) is 7.11. The zero-order valence-corrected chi connectivity index (χ0v) is 15.2. The lowest BCUT2D eigenvalue weighted by atomic mass is 9.83. The maximum absolute atomic E-state index is 12.8. The molecule has 1 amide bonds. The Morgan fingerprint density at radius 1 is 1.00 bits per heavy atom. The van der Waals surface area contributed by atoms with E-state index in [4.69, 9.17) is 5.11 Å². The number of Topliss-reactive ketones (excluding diaryl/α,β-unsaturated/α-hetero) is 1. The highest BCUT2D eigenvalue weighted by Gasteiger charge is 2.35. The van der Waals surface area contributed by atoms with Gasteiger partial charge >= 0.3 is 5.97 Å². The molecule has 1 aliphatic rings. The van der Waals surface area contributed by atoms with Gasteiger partial charge in [0.1, 0.15) is 6.04 Å². The molecule has 2 N–H and O–H groups in total. The number of benzene rings is 2. The summed E-state index contributed by atoms with van der Waals surface area (Å²) in [6.45, 7) is 1.43. The second kappa shape index (κ2) is 8.16. The predicted octanol–water partition coefficient (Wildman–Crippen LogP) is 2.88. The average Bonchev–Trinajstić information content (AvgIpc) is 3.10. The van der Waals surface area contributed by atoms with Gasteiger partial charge in [0.05, 0.1) is 0 Å². The third kappa shape index (κ3) is 4.42. The summed E-state index contributed by atoms with van der Waals surface area (Å²) in [5.41, 5.74) is 2.95. The molecular weight excluding hydrogens is 342 g/mol. The van der Waals surface area contributed by atoms with E-state index in [0.717, 1.165) is 12.8 Å². The number of hydrogen-bond acceptors (Lipinski definition) is 3. The normalized spacial score (nSPS) is 15.6. The summed E-state index contributed by atoms with van der Waals surface area (Å²) in [5.74, 6) is -2.14. The van der Waals surface area contributed by atoms with Gasteiger partial charge in [0.15, 0.2) is 5.78 Å². The van der Waals surface area contributed by atoms with Crippen LogP contribution in [-0.2, 0) is 22.4 Å². The van der Waals surface area contributed by atoms with Gasteiger partial charge in [0.25, 0.3) is 0 Å². The van der Waals surface area contributed by atoms with E-state index < -0.39 is 17.9 Å². The van der Waals surface area contributed by atoms with Crippen LogP contribution < -0.4 is 5.32 Å². The van der Waals surface area contributed by atoms with E-state index in [1.807, 2.05) is 30.3 Å². The van der Waals surface area contributed by atoms with Crippen molar-refractivity contribution in [2.24, 2.45) is 11.8 Å². The molecule has 0 unspecified atom stereocenters. The smallest absolute Gasteiger partial charge is 0.325 e. The van der Waals surface area contributed by atoms with Crippen molar-refractivity contribution >= 4 is 17.7 Å². The fraction of sp³-hybridized carbons (Fsp3) is 0.318. The van der Waals surface area contributed by atoms with E-state index in [9.17, 15) is 14.4 Å². The monoisotopic (exact) mass is 365 g/mol. The topological polar surface area (TPSA) is 83.5 Å². The molecule has 0 aromatic heterocycles. The van der Waals surface area contributed by atoms with Gasteiger partial charge in [0.2, 0.25) is 5.91 Å². The molecule has 0 saturated heterocycles. The largest absolute Gasteiger partial charge is 0.480 e. The molecule has 0 aliphatic heterocycles. The van der Waals surface area contributed by atoms with Crippen LogP contribution in [0.1, 0.15) is 34.8 Å². The van der Waals surface area contributed by atoms with Crippen LogP contribution in [0.2, 0.25) is 0 Å². The van der Waals surface area contributed by atoms with Gasteiger partial charge in [-0.3, -0.25) is 14.4 Å². The van der Waals surface area contributed by atoms with Crippen molar-refractivity contribution in [2.45, 2.75) is 32.2 Å². The Kier molecular flexibility index (Phi) is 5.69. The van der Waals surface area contributed by atoms with E-state index >= 15 is 0 Å². The zero-order valence-electron chi connectivity index (χ0n) is 15.2. The minimum atomic E-state index is -1.09. The second-order valence-corrected chi connectivity index (χ2v) is 7.11. The molecule has 2 atom stereocenters. The van der Waals surface area contributed by atoms with Crippen molar-refractivity contribution in [1.29, 1.82) is 0 Å². The fourth-order valence-corrected chi connectivity index (χ4v) is 3.67. The quantitative estimate of drug-likeness (QED) is 0.739. The molecule has 0 heterocycles. The molecule has 27 heavy (non-hydrogen) atoms. The van der Waals surface area contributed by atoms with Gasteiger partial charge in [0, 0.05) is 17.9 Å². The van der Waals surface area contributed by atoms with Crippen molar-refractivity contribution in [3.63, 3.8) is 0 Å². The lowest BCUT2D eigenvalue weighted by molar-refractivity contribution is -0.142. The summed E-state index contributed by atoms with van der Waals surface area (Å²) in [6, 6.07) is 15.9. The van der Waals surface area contributed by atoms with Gasteiger partial charge in [-0.05, 0) is 36.8 Å². The summed E-state index contributed by atoms with van der Waals surface area (Å²) in [6.07, 6.45) is 1.51. The first-order chi connectivity index (χ1) is 13.0. The Morgan fingerprint density at radius 2 is 1.56 bits per heavy atom. The summed E-state index contributed by atoms with van der Waals surface area (Å²) in [5, 5.41) is 11.6. The third-order valence-electron chi connectivity index (χ3n) is 5.22. The maximum atomic E-state index is 12.8. The first-order valence-electron chi connectivity index (χ1n) is 9.14. The number of nitrogens with one attached hydrogen (secondary N) is 1. The average molecular weight is 365 g/mol. The Labute approximate surface area is 158 Å². The van der Waals surface area contributed by atoms with Crippen molar-refractivity contribution in [1.82, 2.24) is 5.32 Å². The maximum Gasteiger partial charge on any atom is 0.325 e. The highest BCUT2D eigenvalue weighted by Crippen LogP contribution is 2.34. The molecule has 0 bridgehead atoms. The Morgan fingerprint density at radius 3 is 2.11 bits per heavy atom. The number of aliphatic carboxylic acids is 1. The SMILES string of the molecule is C[C@H](NC(=O)[C@H](CC(=O)c1ccccc1)C1Cc2ccccc2C1)C(=O)O. The summed E-state index contributed by atoms with van der Waals surface area (Å²) >= 11 is 0. The predicted molar refractivity (Wildman–Crippen MR) is 101 cm³/mol. The van der Waals surface area contributed by atoms with E-state index in [-0.39, 0.29) is 24.0 Å². The molecular formula is C22H23NO4. The van der Waals surface area contributed by atoms with Gasteiger partial charge in [-0.15, -0.1) is 0 Å². The van der Waals surface area contributed by atoms with Crippen LogP contribution in [0.5, 0.6) is 0 Å². The highest BCUT2D eigenvalue weighted by atomic mass is 16.4. The number of carboxylic acids is 1. The van der Waals surface area contributed by atoms with Crippen molar-refractivity contribution in [3.8, 4) is 0 Å². The van der Waals surface area contributed by atoms with E-state index in [0.29, 0.717) is 5.56 Å². The van der Waals surface area contributed by atoms with Crippen LogP contribution in [0.15, 0.2) is 54.6 Å². The molecule has 0 fully saturated rings. The van der Waals surface area contributed by atoms with Gasteiger partial charge in [-0.1, -0.05) is 54.6 Å². The summed E-state index contributed by atoms with van der Waals surface area (Å²) < 4.78 is 0. The standard InChI is InChI=1S/C22H23NO4/c1-14(22(26)27)23-21(25)19(13-20(24)15-7-3-2-4-8-15)18-11-16-9-5-6-10-17(16)12-18/h2-10,14,18-19H,11-13H2,1H3,(H,23,25)(H,26,27)/t14-,19+/m0/s1. The van der Waals surface area contributed by atoms with Crippen LogP contribution >= 0.6 is 0 Å².